The summed E-state index contributed by atoms with van der Waals surface area (Å²) >= 11 is 0. The molecule has 2 aliphatic rings. The smallest absolute Gasteiger partial charge is 0.151 e. The first kappa shape index (κ1) is 19.9. The van der Waals surface area contributed by atoms with Gasteiger partial charge in [0.05, 0.1) is 12.1 Å². The quantitative estimate of drug-likeness (QED) is 0.304. The molecule has 0 aliphatic carbocycles. The number of carbonyl (C=O) groups is 1. The van der Waals surface area contributed by atoms with Crippen LogP contribution in [0.15, 0.2) is 0 Å². The van der Waals surface area contributed by atoms with Crippen LogP contribution in [-0.4, -0.2) is 40.5 Å². The van der Waals surface area contributed by atoms with E-state index in [2.05, 4.69) is 11.8 Å². The van der Waals surface area contributed by atoms with Crippen molar-refractivity contribution in [3.63, 3.8) is 0 Å². The van der Waals surface area contributed by atoms with Crippen LogP contribution in [0.5, 0.6) is 0 Å². The highest BCUT2D eigenvalue weighted by Gasteiger charge is 2.64. The van der Waals surface area contributed by atoms with Gasteiger partial charge in [0, 0.05) is 19.0 Å². The van der Waals surface area contributed by atoms with Gasteiger partial charge in [-0.3, -0.25) is 9.69 Å². The molecule has 0 radical (unpaired) electrons. The summed E-state index contributed by atoms with van der Waals surface area (Å²) in [6.07, 6.45) is 17.8. The molecule has 3 nitrogen and oxygen atoms in total. The fourth-order valence-electron chi connectivity index (χ4n) is 3.81. The lowest BCUT2D eigenvalue weighted by Crippen LogP contribution is -2.18. The molecule has 2 aliphatic heterocycles. The zero-order valence-corrected chi connectivity index (χ0v) is 15.8. The number of nitrogens with zero attached hydrogens (tertiary/aromatic N) is 1. The summed E-state index contributed by atoms with van der Waals surface area (Å²) in [5.41, 5.74) is 0. The van der Waals surface area contributed by atoms with E-state index in [1.165, 1.54) is 77.2 Å². The lowest BCUT2D eigenvalue weighted by Gasteiger charge is -2.10. The van der Waals surface area contributed by atoms with Crippen molar-refractivity contribution < 1.29 is 9.90 Å². The molecule has 2 rings (SSSR count). The number of aliphatic hydroxyl groups is 1. The summed E-state index contributed by atoms with van der Waals surface area (Å²) in [4.78, 5) is 14.0. The summed E-state index contributed by atoms with van der Waals surface area (Å²) < 4.78 is 0. The van der Waals surface area contributed by atoms with Crippen molar-refractivity contribution in [1.82, 2.24) is 4.90 Å². The third-order valence-electron chi connectivity index (χ3n) is 5.75. The first-order valence-electron chi connectivity index (χ1n) is 10.7. The Morgan fingerprint density at radius 3 is 1.92 bits per heavy atom. The molecular formula is C21H39NO2. The van der Waals surface area contributed by atoms with E-state index in [9.17, 15) is 9.90 Å². The van der Waals surface area contributed by atoms with Crippen LogP contribution < -0.4 is 0 Å². The lowest BCUT2D eigenvalue weighted by atomic mass is 10.0. The Hall–Kier alpha value is -0.410. The Morgan fingerprint density at radius 2 is 1.42 bits per heavy atom. The van der Waals surface area contributed by atoms with E-state index >= 15 is 0 Å². The van der Waals surface area contributed by atoms with Crippen molar-refractivity contribution in [2.45, 2.75) is 121 Å². The standard InChI is InChI=1S/C21H39NO2/c1-2-3-4-11-14-18(23)15-12-9-7-5-6-8-10-13-16-20(24)21-19-17-22(19)21/h18-19,21,23H,2-17H2,1H3/t18-,19?,21?,22?/m1/s1. The maximum Gasteiger partial charge on any atom is 0.151 e. The Balaban J connectivity index is 1.25. The van der Waals surface area contributed by atoms with Crippen LogP contribution >= 0.6 is 0 Å². The molecule has 0 bridgehead atoms. The molecule has 3 unspecified atom stereocenters. The van der Waals surface area contributed by atoms with Crippen LogP contribution in [0.25, 0.3) is 0 Å². The number of Topliss-reactive ketones (excluding diaryl/α,β-unsaturated/α-hetero) is 1. The normalized spacial score (nSPS) is 25.3. The molecule has 1 N–H and O–H groups in total. The predicted octanol–water partition coefficient (Wildman–Crippen LogP) is 4.85. The predicted molar refractivity (Wildman–Crippen MR) is 100 cm³/mol. The fraction of sp³-hybridized carbons (Fsp3) is 0.952. The SMILES string of the molecule is CCCCCC[C@@H](O)CCCCCCCCCCC(=O)C1C2CN21. The number of fused-ring (bicyclic) bond motifs is 1. The molecule has 0 amide bonds. The van der Waals surface area contributed by atoms with Crippen molar-refractivity contribution in [3.8, 4) is 0 Å². The maximum absolute atomic E-state index is 11.7. The third kappa shape index (κ3) is 7.65. The molecule has 2 fully saturated rings. The average molecular weight is 338 g/mol. The van der Waals surface area contributed by atoms with Crippen LogP contribution in [0.2, 0.25) is 0 Å². The van der Waals surface area contributed by atoms with Crippen molar-refractivity contribution in [3.05, 3.63) is 0 Å². The molecule has 4 atom stereocenters. The zero-order chi connectivity index (χ0) is 17.2. The lowest BCUT2D eigenvalue weighted by molar-refractivity contribution is -0.119. The molecular weight excluding hydrogens is 298 g/mol. The molecule has 0 spiro atoms. The Morgan fingerprint density at radius 1 is 0.917 bits per heavy atom. The number of carbonyl (C=O) groups excluding carboxylic acids is 1. The van der Waals surface area contributed by atoms with E-state index in [4.69, 9.17) is 0 Å². The van der Waals surface area contributed by atoms with Gasteiger partial charge in [0.1, 0.15) is 0 Å². The molecule has 24 heavy (non-hydrogen) atoms. The van der Waals surface area contributed by atoms with Gasteiger partial charge in [-0.1, -0.05) is 77.6 Å². The number of aliphatic hydroxyl groups excluding tert-OH is 1. The van der Waals surface area contributed by atoms with E-state index < -0.39 is 0 Å². The molecule has 0 saturated carbocycles. The Kier molecular flexibility index (Phi) is 9.33. The Labute approximate surface area is 149 Å². The van der Waals surface area contributed by atoms with Gasteiger partial charge in [-0.25, -0.2) is 0 Å². The summed E-state index contributed by atoms with van der Waals surface area (Å²) in [6, 6.07) is 1.03. The molecule has 2 saturated heterocycles. The van der Waals surface area contributed by atoms with Crippen molar-refractivity contribution in [2.24, 2.45) is 0 Å². The van der Waals surface area contributed by atoms with Crippen LogP contribution in [0.4, 0.5) is 0 Å². The van der Waals surface area contributed by atoms with E-state index in [1.807, 2.05) is 0 Å². The molecule has 0 aromatic carbocycles. The van der Waals surface area contributed by atoms with E-state index in [1.54, 1.807) is 0 Å². The van der Waals surface area contributed by atoms with Crippen LogP contribution in [0.3, 0.4) is 0 Å². The van der Waals surface area contributed by atoms with E-state index in [-0.39, 0.29) is 6.10 Å². The van der Waals surface area contributed by atoms with Gasteiger partial charge < -0.3 is 5.11 Å². The van der Waals surface area contributed by atoms with Crippen molar-refractivity contribution in [1.29, 1.82) is 0 Å². The topological polar surface area (TPSA) is 40.3 Å². The van der Waals surface area contributed by atoms with Gasteiger partial charge in [-0.2, -0.15) is 0 Å². The number of ketones is 1. The van der Waals surface area contributed by atoms with E-state index in [0.29, 0.717) is 17.9 Å². The average Bonchev–Trinajstić information content (AvgIpc) is 3.45. The first-order valence-corrected chi connectivity index (χ1v) is 10.7. The molecule has 3 heteroatoms. The largest absolute Gasteiger partial charge is 0.393 e. The highest BCUT2D eigenvalue weighted by atomic mass is 16.3. The second-order valence-electron chi connectivity index (χ2n) is 8.05. The number of unbranched alkanes of at least 4 members (excludes halogenated alkanes) is 10. The minimum atomic E-state index is -0.0618. The third-order valence-corrected chi connectivity index (χ3v) is 5.75. The molecule has 0 aromatic rings. The van der Waals surface area contributed by atoms with E-state index in [0.717, 1.165) is 25.7 Å². The number of hydrogen-bond acceptors (Lipinski definition) is 3. The highest BCUT2D eigenvalue weighted by Crippen LogP contribution is 2.44. The molecule has 2 heterocycles. The summed E-state index contributed by atoms with van der Waals surface area (Å²) in [7, 11) is 0. The van der Waals surface area contributed by atoms with Gasteiger partial charge in [-0.15, -0.1) is 0 Å². The van der Waals surface area contributed by atoms with Crippen LogP contribution in [0, 0.1) is 0 Å². The summed E-state index contributed by atoms with van der Waals surface area (Å²) in [6.45, 7) is 3.41. The minimum absolute atomic E-state index is 0.0618. The van der Waals surface area contributed by atoms with Gasteiger partial charge in [0.15, 0.2) is 5.78 Å². The molecule has 0 aromatic heterocycles. The number of hydrogen-bond donors (Lipinski definition) is 1. The van der Waals surface area contributed by atoms with Gasteiger partial charge in [-0.05, 0) is 19.3 Å². The highest BCUT2D eigenvalue weighted by molar-refractivity contribution is 5.89. The van der Waals surface area contributed by atoms with Gasteiger partial charge in [0.25, 0.3) is 0 Å². The Bertz CT molecular complexity index is 350. The summed E-state index contributed by atoms with van der Waals surface area (Å²) in [5, 5.41) is 9.93. The van der Waals surface area contributed by atoms with Crippen LogP contribution in [0.1, 0.15) is 103 Å². The monoisotopic (exact) mass is 337 g/mol. The minimum Gasteiger partial charge on any atom is -0.393 e. The van der Waals surface area contributed by atoms with Crippen LogP contribution in [-0.2, 0) is 4.79 Å². The van der Waals surface area contributed by atoms with Crippen molar-refractivity contribution >= 4 is 5.78 Å². The molecule has 140 valence electrons. The second-order valence-corrected chi connectivity index (χ2v) is 8.05. The van der Waals surface area contributed by atoms with Gasteiger partial charge in [0.2, 0.25) is 0 Å². The number of rotatable bonds is 17. The first-order chi connectivity index (χ1) is 11.7. The maximum atomic E-state index is 11.7. The van der Waals surface area contributed by atoms with Crippen molar-refractivity contribution in [2.75, 3.05) is 6.54 Å². The summed E-state index contributed by atoms with van der Waals surface area (Å²) in [5.74, 6) is 0.500. The van der Waals surface area contributed by atoms with Gasteiger partial charge >= 0.3 is 0 Å². The zero-order valence-electron chi connectivity index (χ0n) is 15.8. The fourth-order valence-corrected chi connectivity index (χ4v) is 3.81. The second kappa shape index (κ2) is 11.3.